The van der Waals surface area contributed by atoms with Gasteiger partial charge >= 0.3 is 23.1 Å². The van der Waals surface area contributed by atoms with Crippen LogP contribution < -0.4 is 0 Å². The zero-order valence-electron chi connectivity index (χ0n) is 15.2. The first kappa shape index (κ1) is 21.7. The average Bonchev–Trinajstić information content (AvgIpc) is 2.24. The van der Waals surface area contributed by atoms with E-state index in [9.17, 15) is 9.18 Å². The third-order valence-corrected chi connectivity index (χ3v) is 12.8. The molecule has 0 aromatic carbocycles. The first-order chi connectivity index (χ1) is 9.72. The van der Waals surface area contributed by atoms with Crippen LogP contribution in [0.5, 0.6) is 0 Å². The van der Waals surface area contributed by atoms with E-state index in [4.69, 9.17) is 12.7 Å². The molecule has 0 saturated heterocycles. The lowest BCUT2D eigenvalue weighted by molar-refractivity contribution is -0.132. The van der Waals surface area contributed by atoms with Gasteiger partial charge < -0.3 is 12.7 Å². The van der Waals surface area contributed by atoms with E-state index in [2.05, 4.69) is 26.2 Å². The third kappa shape index (κ3) is 7.82. The van der Waals surface area contributed by atoms with Crippen LogP contribution in [-0.4, -0.2) is 37.2 Å². The lowest BCUT2D eigenvalue weighted by Crippen LogP contribution is -2.59. The van der Waals surface area contributed by atoms with E-state index in [0.29, 0.717) is 12.8 Å². The van der Waals surface area contributed by atoms with Crippen molar-refractivity contribution in [1.82, 2.24) is 0 Å². The maximum atomic E-state index is 14.6. The molecule has 0 aliphatic rings. The highest BCUT2D eigenvalue weighted by Gasteiger charge is 2.50. The standard InChI is InChI=1S/C14H31FO4Si3/c1-10-11-13(15)22(9,17-14(16)12(2)3)19-21(7,8)18-20(4,5)6/h13H,2,10-11H2,1,3-9H3. The summed E-state index contributed by atoms with van der Waals surface area (Å²) in [6.07, 6.45) is 0.970. The van der Waals surface area contributed by atoms with Crippen LogP contribution in [0.1, 0.15) is 26.7 Å². The fourth-order valence-corrected chi connectivity index (χ4v) is 14.7. The van der Waals surface area contributed by atoms with E-state index in [1.807, 2.05) is 20.0 Å². The van der Waals surface area contributed by atoms with Gasteiger partial charge in [-0.3, -0.25) is 0 Å². The van der Waals surface area contributed by atoms with Gasteiger partial charge in [0.2, 0.25) is 0 Å². The molecule has 0 aliphatic heterocycles. The molecule has 0 N–H and O–H groups in total. The summed E-state index contributed by atoms with van der Waals surface area (Å²) >= 11 is 0. The molecule has 0 radical (unpaired) electrons. The normalized spacial score (nSPS) is 16.8. The summed E-state index contributed by atoms with van der Waals surface area (Å²) in [6.45, 7) is 18.5. The van der Waals surface area contributed by atoms with Gasteiger partial charge in [0, 0.05) is 5.57 Å². The summed E-state index contributed by atoms with van der Waals surface area (Å²) in [6, 6.07) is 0. The van der Waals surface area contributed by atoms with Crippen molar-refractivity contribution in [2.45, 2.75) is 71.8 Å². The zero-order valence-corrected chi connectivity index (χ0v) is 18.2. The van der Waals surface area contributed by atoms with Crippen molar-refractivity contribution in [3.8, 4) is 0 Å². The van der Waals surface area contributed by atoms with Crippen molar-refractivity contribution >= 4 is 31.4 Å². The Bertz CT molecular complexity index is 409. The molecule has 130 valence electrons. The number of alkyl halides is 1. The van der Waals surface area contributed by atoms with Crippen LogP contribution >= 0.6 is 0 Å². The average molecular weight is 367 g/mol. The molecule has 0 fully saturated rings. The summed E-state index contributed by atoms with van der Waals surface area (Å²) in [4.78, 5) is 11.9. The Hall–Kier alpha value is -0.289. The van der Waals surface area contributed by atoms with E-state index in [0.717, 1.165) is 0 Å². The van der Waals surface area contributed by atoms with E-state index >= 15 is 0 Å². The van der Waals surface area contributed by atoms with Gasteiger partial charge in [-0.1, -0.05) is 19.9 Å². The molecular formula is C14H31FO4Si3. The Balaban J connectivity index is 5.31. The number of rotatable bonds is 9. The molecule has 0 bridgehead atoms. The Kier molecular flexibility index (Phi) is 7.90. The minimum atomic E-state index is -3.35. The predicted octanol–water partition coefficient (Wildman–Crippen LogP) is 4.43. The predicted molar refractivity (Wildman–Crippen MR) is 95.3 cm³/mol. The highest BCUT2D eigenvalue weighted by Crippen LogP contribution is 2.27. The summed E-state index contributed by atoms with van der Waals surface area (Å²) in [7, 11) is -7.77. The van der Waals surface area contributed by atoms with Gasteiger partial charge in [0.25, 0.3) is 0 Å². The summed E-state index contributed by atoms with van der Waals surface area (Å²) < 4.78 is 32.3. The van der Waals surface area contributed by atoms with Crippen LogP contribution in [0.2, 0.25) is 39.3 Å². The first-order valence-electron chi connectivity index (χ1n) is 7.65. The molecular weight excluding hydrogens is 335 g/mol. The Morgan fingerprint density at radius 2 is 1.64 bits per heavy atom. The number of halogens is 1. The molecule has 2 atom stereocenters. The van der Waals surface area contributed by atoms with E-state index < -0.39 is 37.2 Å². The van der Waals surface area contributed by atoms with E-state index in [1.54, 1.807) is 13.5 Å². The maximum Gasteiger partial charge on any atom is 0.424 e. The molecule has 0 amide bonds. The molecule has 8 heteroatoms. The largest absolute Gasteiger partial charge is 0.489 e. The minimum absolute atomic E-state index is 0.247. The number of carbonyl (C=O) groups is 1. The summed E-state index contributed by atoms with van der Waals surface area (Å²) in [5.74, 6) is -1.87. The van der Waals surface area contributed by atoms with Gasteiger partial charge in [0.1, 0.15) is 0 Å². The van der Waals surface area contributed by atoms with Gasteiger partial charge in [-0.25, -0.2) is 9.18 Å². The molecule has 0 spiro atoms. The molecule has 2 unspecified atom stereocenters. The second kappa shape index (κ2) is 8.00. The first-order valence-corrected chi connectivity index (χ1v) is 16.3. The number of hydrogen-bond donors (Lipinski definition) is 0. The Labute approximate surface area is 137 Å². The molecule has 0 saturated carbocycles. The molecule has 0 rings (SSSR count). The molecule has 22 heavy (non-hydrogen) atoms. The van der Waals surface area contributed by atoms with Crippen LogP contribution in [0.4, 0.5) is 4.39 Å². The maximum absolute atomic E-state index is 14.6. The lowest BCUT2D eigenvalue weighted by Gasteiger charge is -2.39. The van der Waals surface area contributed by atoms with Crippen molar-refractivity contribution in [1.29, 1.82) is 0 Å². The smallest absolute Gasteiger partial charge is 0.424 e. The topological polar surface area (TPSA) is 44.8 Å². The summed E-state index contributed by atoms with van der Waals surface area (Å²) in [5, 5.41) is 0. The zero-order chi connectivity index (χ0) is 17.8. The van der Waals surface area contributed by atoms with E-state index in [1.165, 1.54) is 0 Å². The second-order valence-corrected chi connectivity index (χ2v) is 18.7. The number of carbonyl (C=O) groups excluding carboxylic acids is 1. The molecule has 0 aromatic heterocycles. The third-order valence-electron chi connectivity index (χ3n) is 2.76. The summed E-state index contributed by atoms with van der Waals surface area (Å²) in [5.41, 5.74) is 0.247. The number of hydrogen-bond acceptors (Lipinski definition) is 4. The second-order valence-electron chi connectivity index (χ2n) is 7.16. The highest BCUT2D eigenvalue weighted by molar-refractivity contribution is 6.86. The van der Waals surface area contributed by atoms with Gasteiger partial charge in [-0.15, -0.1) is 0 Å². The van der Waals surface area contributed by atoms with Crippen LogP contribution in [0.15, 0.2) is 12.2 Å². The van der Waals surface area contributed by atoms with Gasteiger partial charge in [0.15, 0.2) is 14.1 Å². The van der Waals surface area contributed by atoms with Crippen molar-refractivity contribution in [3.63, 3.8) is 0 Å². The van der Waals surface area contributed by atoms with Crippen molar-refractivity contribution in [3.05, 3.63) is 12.2 Å². The Morgan fingerprint density at radius 3 is 2.00 bits per heavy atom. The van der Waals surface area contributed by atoms with Crippen molar-refractivity contribution < 1.29 is 21.8 Å². The quantitative estimate of drug-likeness (QED) is 0.447. The lowest BCUT2D eigenvalue weighted by atomic mass is 10.4. The molecule has 4 nitrogen and oxygen atoms in total. The van der Waals surface area contributed by atoms with Crippen LogP contribution in [0.25, 0.3) is 0 Å². The van der Waals surface area contributed by atoms with Gasteiger partial charge in [-0.05, 0) is 52.6 Å². The van der Waals surface area contributed by atoms with Crippen LogP contribution in [0, 0.1) is 0 Å². The fraction of sp³-hybridized carbons (Fsp3) is 0.786. The molecule has 0 aliphatic carbocycles. The highest BCUT2D eigenvalue weighted by atomic mass is 28.5. The fourth-order valence-electron chi connectivity index (χ4n) is 2.18. The SMILES string of the molecule is C=C(C)C(=O)O[Si](C)(O[Si](C)(C)O[Si](C)(C)C)C(F)CCC. The van der Waals surface area contributed by atoms with Crippen LogP contribution in [-0.2, 0) is 17.5 Å². The Morgan fingerprint density at radius 1 is 1.14 bits per heavy atom. The monoisotopic (exact) mass is 366 g/mol. The van der Waals surface area contributed by atoms with E-state index in [-0.39, 0.29) is 5.57 Å². The van der Waals surface area contributed by atoms with Crippen molar-refractivity contribution in [2.75, 3.05) is 0 Å². The van der Waals surface area contributed by atoms with Gasteiger partial charge in [0.05, 0.1) is 0 Å². The van der Waals surface area contributed by atoms with Crippen LogP contribution in [0.3, 0.4) is 0 Å². The minimum Gasteiger partial charge on any atom is -0.489 e. The molecule has 0 aromatic rings. The van der Waals surface area contributed by atoms with Gasteiger partial charge in [-0.2, -0.15) is 0 Å². The van der Waals surface area contributed by atoms with Crippen molar-refractivity contribution in [2.24, 2.45) is 0 Å². The molecule has 0 heterocycles.